The molecule has 1 amide bonds. The van der Waals surface area contributed by atoms with Crippen LogP contribution in [0.1, 0.15) is 11.1 Å². The summed E-state index contributed by atoms with van der Waals surface area (Å²) < 4.78 is 1.51. The summed E-state index contributed by atoms with van der Waals surface area (Å²) >= 11 is 0. The Bertz CT molecular complexity index is 547. The van der Waals surface area contributed by atoms with Crippen molar-refractivity contribution in [2.24, 2.45) is 0 Å². The minimum Gasteiger partial charge on any atom is -0.382 e. The highest BCUT2D eigenvalue weighted by atomic mass is 16.2. The van der Waals surface area contributed by atoms with Gasteiger partial charge in [-0.1, -0.05) is 29.8 Å². The number of anilines is 1. The molecule has 2 aromatic rings. The first-order chi connectivity index (χ1) is 8.63. The average molecular weight is 244 g/mol. The van der Waals surface area contributed by atoms with E-state index in [0.29, 0.717) is 12.4 Å². The highest BCUT2D eigenvalue weighted by Gasteiger charge is 2.03. The second-order valence-electron chi connectivity index (χ2n) is 4.20. The van der Waals surface area contributed by atoms with Gasteiger partial charge in [0.25, 0.3) is 0 Å². The standard InChI is InChI=1S/C13H16N4O/c1-10-3-2-4-11(7-10)8-15-13(18)9-17-6-5-12(14)16-17/h2-7H,8-9H2,1H3,(H2,14,16)(H,15,18). The van der Waals surface area contributed by atoms with Crippen molar-refractivity contribution >= 4 is 11.7 Å². The van der Waals surface area contributed by atoms with Crippen molar-refractivity contribution in [1.29, 1.82) is 0 Å². The molecule has 0 saturated heterocycles. The molecule has 5 nitrogen and oxygen atoms in total. The molecular weight excluding hydrogens is 228 g/mol. The highest BCUT2D eigenvalue weighted by molar-refractivity contribution is 5.75. The van der Waals surface area contributed by atoms with Gasteiger partial charge in [-0.3, -0.25) is 9.48 Å². The van der Waals surface area contributed by atoms with E-state index in [1.54, 1.807) is 12.3 Å². The summed E-state index contributed by atoms with van der Waals surface area (Å²) in [5.41, 5.74) is 7.74. The molecule has 0 aliphatic rings. The van der Waals surface area contributed by atoms with Crippen LogP contribution in [-0.4, -0.2) is 15.7 Å². The fraction of sp³-hybridized carbons (Fsp3) is 0.231. The van der Waals surface area contributed by atoms with Crippen LogP contribution in [0.3, 0.4) is 0 Å². The lowest BCUT2D eigenvalue weighted by Gasteiger charge is -2.06. The third-order valence-corrected chi connectivity index (χ3v) is 2.54. The van der Waals surface area contributed by atoms with Gasteiger partial charge in [0.05, 0.1) is 0 Å². The number of benzene rings is 1. The van der Waals surface area contributed by atoms with Crippen LogP contribution in [0.25, 0.3) is 0 Å². The molecule has 2 rings (SSSR count). The summed E-state index contributed by atoms with van der Waals surface area (Å²) in [7, 11) is 0. The van der Waals surface area contributed by atoms with Gasteiger partial charge in [0.2, 0.25) is 5.91 Å². The number of nitrogens with two attached hydrogens (primary N) is 1. The van der Waals surface area contributed by atoms with Gasteiger partial charge in [-0.25, -0.2) is 0 Å². The van der Waals surface area contributed by atoms with Gasteiger partial charge in [0.1, 0.15) is 12.4 Å². The number of carbonyl (C=O) groups excluding carboxylic acids is 1. The summed E-state index contributed by atoms with van der Waals surface area (Å²) in [4.78, 5) is 11.7. The quantitative estimate of drug-likeness (QED) is 0.845. The zero-order valence-corrected chi connectivity index (χ0v) is 10.3. The van der Waals surface area contributed by atoms with Crippen molar-refractivity contribution < 1.29 is 4.79 Å². The number of hydrogen-bond donors (Lipinski definition) is 2. The molecule has 0 radical (unpaired) electrons. The molecule has 0 saturated carbocycles. The fourth-order valence-corrected chi connectivity index (χ4v) is 1.69. The van der Waals surface area contributed by atoms with E-state index in [9.17, 15) is 4.79 Å². The predicted molar refractivity (Wildman–Crippen MR) is 69.7 cm³/mol. The summed E-state index contributed by atoms with van der Waals surface area (Å²) in [5.74, 6) is 0.334. The zero-order valence-electron chi connectivity index (χ0n) is 10.3. The maximum absolute atomic E-state index is 11.7. The molecule has 0 aliphatic carbocycles. The molecular formula is C13H16N4O. The Balaban J connectivity index is 1.85. The number of carbonyl (C=O) groups is 1. The fourth-order valence-electron chi connectivity index (χ4n) is 1.69. The lowest BCUT2D eigenvalue weighted by molar-refractivity contribution is -0.122. The Morgan fingerprint density at radius 3 is 2.94 bits per heavy atom. The maximum Gasteiger partial charge on any atom is 0.241 e. The van der Waals surface area contributed by atoms with Gasteiger partial charge in [0.15, 0.2) is 0 Å². The van der Waals surface area contributed by atoms with Crippen molar-refractivity contribution in [3.8, 4) is 0 Å². The number of hydrogen-bond acceptors (Lipinski definition) is 3. The van der Waals surface area contributed by atoms with E-state index < -0.39 is 0 Å². The third kappa shape index (κ3) is 3.35. The summed E-state index contributed by atoms with van der Waals surface area (Å²) in [5, 5.41) is 6.80. The van der Waals surface area contributed by atoms with Gasteiger partial charge in [-0.05, 0) is 18.6 Å². The molecule has 0 spiro atoms. The van der Waals surface area contributed by atoms with Crippen LogP contribution in [-0.2, 0) is 17.9 Å². The lowest BCUT2D eigenvalue weighted by atomic mass is 10.1. The molecule has 5 heteroatoms. The van der Waals surface area contributed by atoms with E-state index >= 15 is 0 Å². The molecule has 0 unspecified atom stereocenters. The first-order valence-corrected chi connectivity index (χ1v) is 5.74. The van der Waals surface area contributed by atoms with Crippen molar-refractivity contribution in [1.82, 2.24) is 15.1 Å². The molecule has 1 aromatic heterocycles. The monoisotopic (exact) mass is 244 g/mol. The van der Waals surface area contributed by atoms with Crippen molar-refractivity contribution in [3.05, 3.63) is 47.7 Å². The van der Waals surface area contributed by atoms with Gasteiger partial charge in [-0.2, -0.15) is 5.10 Å². The summed E-state index contributed by atoms with van der Waals surface area (Å²) in [6, 6.07) is 9.70. The Labute approximate surface area is 106 Å². The number of aryl methyl sites for hydroxylation is 1. The van der Waals surface area contributed by atoms with Crippen LogP contribution < -0.4 is 11.1 Å². The van der Waals surface area contributed by atoms with E-state index in [4.69, 9.17) is 5.73 Å². The van der Waals surface area contributed by atoms with Crippen LogP contribution in [0.5, 0.6) is 0 Å². The minimum absolute atomic E-state index is 0.0837. The number of nitrogens with zero attached hydrogens (tertiary/aromatic N) is 2. The molecule has 0 aliphatic heterocycles. The summed E-state index contributed by atoms with van der Waals surface area (Å²) in [6.07, 6.45) is 1.68. The third-order valence-electron chi connectivity index (χ3n) is 2.54. The molecule has 1 heterocycles. The van der Waals surface area contributed by atoms with Gasteiger partial charge in [-0.15, -0.1) is 0 Å². The molecule has 0 fully saturated rings. The lowest BCUT2D eigenvalue weighted by Crippen LogP contribution is -2.27. The molecule has 1 aromatic carbocycles. The smallest absolute Gasteiger partial charge is 0.241 e. The topological polar surface area (TPSA) is 72.9 Å². The van der Waals surface area contributed by atoms with Gasteiger partial charge >= 0.3 is 0 Å². The second kappa shape index (κ2) is 5.35. The number of amides is 1. The molecule has 18 heavy (non-hydrogen) atoms. The van der Waals surface area contributed by atoms with Crippen LogP contribution in [0.4, 0.5) is 5.82 Å². The molecule has 94 valence electrons. The first kappa shape index (κ1) is 12.2. The van der Waals surface area contributed by atoms with Crippen LogP contribution >= 0.6 is 0 Å². The minimum atomic E-state index is -0.0837. The Morgan fingerprint density at radius 2 is 2.28 bits per heavy atom. The predicted octanol–water partition coefficient (Wildman–Crippen LogP) is 1.09. The van der Waals surface area contributed by atoms with Gasteiger partial charge in [0, 0.05) is 12.7 Å². The second-order valence-corrected chi connectivity index (χ2v) is 4.20. The van der Waals surface area contributed by atoms with Crippen LogP contribution in [0.15, 0.2) is 36.5 Å². The number of rotatable bonds is 4. The zero-order chi connectivity index (χ0) is 13.0. The summed E-state index contributed by atoms with van der Waals surface area (Å²) in [6.45, 7) is 2.73. The van der Waals surface area contributed by atoms with E-state index in [2.05, 4.69) is 10.4 Å². The highest BCUT2D eigenvalue weighted by Crippen LogP contribution is 2.03. The number of nitrogens with one attached hydrogen (secondary N) is 1. The average Bonchev–Trinajstić information content (AvgIpc) is 2.72. The van der Waals surface area contributed by atoms with Gasteiger partial charge < -0.3 is 11.1 Å². The van der Waals surface area contributed by atoms with E-state index in [1.807, 2.05) is 31.2 Å². The first-order valence-electron chi connectivity index (χ1n) is 5.74. The van der Waals surface area contributed by atoms with Crippen molar-refractivity contribution in [2.45, 2.75) is 20.0 Å². The number of nitrogen functional groups attached to an aromatic ring is 1. The Hall–Kier alpha value is -2.30. The number of aromatic nitrogens is 2. The normalized spacial score (nSPS) is 10.3. The van der Waals surface area contributed by atoms with E-state index in [-0.39, 0.29) is 12.5 Å². The Kier molecular flexibility index (Phi) is 3.62. The van der Waals surface area contributed by atoms with Crippen molar-refractivity contribution in [2.75, 3.05) is 5.73 Å². The molecule has 0 bridgehead atoms. The molecule has 0 atom stereocenters. The maximum atomic E-state index is 11.7. The van der Waals surface area contributed by atoms with E-state index in [1.165, 1.54) is 10.2 Å². The van der Waals surface area contributed by atoms with Crippen LogP contribution in [0.2, 0.25) is 0 Å². The molecule has 3 N–H and O–H groups in total. The van der Waals surface area contributed by atoms with Crippen LogP contribution in [0, 0.1) is 6.92 Å². The largest absolute Gasteiger partial charge is 0.382 e. The SMILES string of the molecule is Cc1cccc(CNC(=O)Cn2ccc(N)n2)c1. The van der Waals surface area contributed by atoms with E-state index in [0.717, 1.165) is 5.56 Å². The van der Waals surface area contributed by atoms with Crippen molar-refractivity contribution in [3.63, 3.8) is 0 Å². The Morgan fingerprint density at radius 1 is 1.44 bits per heavy atom.